The third kappa shape index (κ3) is 21.4. The lowest BCUT2D eigenvalue weighted by atomic mass is 9.94. The van der Waals surface area contributed by atoms with Gasteiger partial charge in [0.25, 0.3) is 0 Å². The first-order valence-corrected chi connectivity index (χ1v) is 22.8. The zero-order valence-electron chi connectivity index (χ0n) is 40.5. The lowest BCUT2D eigenvalue weighted by molar-refractivity contribution is 0.202. The number of hydrogen-bond acceptors (Lipinski definition) is 8. The van der Waals surface area contributed by atoms with Crippen molar-refractivity contribution in [3.8, 4) is 23.0 Å². The van der Waals surface area contributed by atoms with Crippen LogP contribution in [0.15, 0.2) is 97.1 Å². The van der Waals surface area contributed by atoms with Crippen molar-refractivity contribution in [2.75, 3.05) is 28.2 Å². The average molecular weight is 885 g/mol. The van der Waals surface area contributed by atoms with Crippen molar-refractivity contribution in [3.05, 3.63) is 119 Å². The number of hydrogen-bond donors (Lipinski definition) is 4. The minimum absolute atomic E-state index is 0.429. The van der Waals surface area contributed by atoms with Crippen LogP contribution < -0.4 is 40.2 Å². The highest BCUT2D eigenvalue weighted by Gasteiger charge is 2.12. The van der Waals surface area contributed by atoms with Crippen LogP contribution in [0.1, 0.15) is 153 Å². The molecule has 1 atom stereocenters. The molecule has 0 spiro atoms. The molecular weight excluding hydrogens is 809 g/mol. The van der Waals surface area contributed by atoms with Crippen molar-refractivity contribution < 1.29 is 38.1 Å². The molecule has 12 heteroatoms. The Bertz CT molecular complexity index is 1780. The van der Waals surface area contributed by atoms with Gasteiger partial charge in [-0.3, -0.25) is 0 Å². The van der Waals surface area contributed by atoms with Crippen molar-refractivity contribution in [1.82, 2.24) is 21.3 Å². The molecule has 64 heavy (non-hydrogen) atoms. The topological polar surface area (TPSA) is 153 Å². The fourth-order valence-electron chi connectivity index (χ4n) is 6.89. The molecule has 1 unspecified atom stereocenters. The monoisotopic (exact) mass is 885 g/mol. The summed E-state index contributed by atoms with van der Waals surface area (Å²) < 4.78 is 20.4. The standard InChI is InChI=1S/4C13H19NO2/c1-4-6-10(2)11-7-5-8-12(9-11)16-13(15)14-3;3*1-4-10(5-2)11-7-6-8-12(9-11)16-13(15)14-3/h5,7-10H,4,6H2,1-3H3,(H,14,15);3*6-10H,4-5H2,1-3H3,(H,14,15). The molecule has 0 aliphatic heterocycles. The van der Waals surface area contributed by atoms with Crippen LogP contribution in [0.2, 0.25) is 0 Å². The highest BCUT2D eigenvalue weighted by Crippen LogP contribution is 2.29. The fourth-order valence-corrected chi connectivity index (χ4v) is 6.89. The fraction of sp³-hybridized carbons (Fsp3) is 0.462. The number of carbonyl (C=O) groups is 4. The zero-order valence-corrected chi connectivity index (χ0v) is 40.5. The largest absolute Gasteiger partial charge is 0.412 e. The third-order valence-electron chi connectivity index (χ3n) is 10.8. The Morgan fingerprint density at radius 2 is 0.641 bits per heavy atom. The van der Waals surface area contributed by atoms with Crippen LogP contribution in [0.5, 0.6) is 23.0 Å². The SMILES string of the molecule is CCC(CC)c1cccc(OC(=O)NC)c1.CCC(CC)c1cccc(OC(=O)NC)c1.CCC(CC)c1cccc(OC(=O)NC)c1.CCCC(C)c1cccc(OC(=O)NC)c1. The number of carbonyl (C=O) groups excluding carboxylic acids is 4. The summed E-state index contributed by atoms with van der Waals surface area (Å²) in [4.78, 5) is 44.3. The van der Waals surface area contributed by atoms with Crippen molar-refractivity contribution in [1.29, 1.82) is 0 Å². The van der Waals surface area contributed by atoms with Gasteiger partial charge in [0.2, 0.25) is 0 Å². The van der Waals surface area contributed by atoms with Gasteiger partial charge in [0, 0.05) is 28.2 Å². The quantitative estimate of drug-likeness (QED) is 0.0867. The summed E-state index contributed by atoms with van der Waals surface area (Å²) in [5.74, 6) is 4.50. The Kier molecular flexibility index (Phi) is 28.5. The lowest BCUT2D eigenvalue weighted by Crippen LogP contribution is -2.22. The number of nitrogens with one attached hydrogen (secondary N) is 4. The zero-order chi connectivity index (χ0) is 47.9. The van der Waals surface area contributed by atoms with Gasteiger partial charge in [-0.2, -0.15) is 0 Å². The van der Waals surface area contributed by atoms with E-state index in [4.69, 9.17) is 18.9 Å². The van der Waals surface area contributed by atoms with Gasteiger partial charge in [-0.1, -0.05) is 110 Å². The van der Waals surface area contributed by atoms with E-state index in [-0.39, 0.29) is 0 Å². The molecule has 0 fully saturated rings. The molecule has 0 saturated carbocycles. The van der Waals surface area contributed by atoms with Gasteiger partial charge in [0.05, 0.1) is 0 Å². The molecule has 4 aromatic rings. The van der Waals surface area contributed by atoms with Gasteiger partial charge in [-0.05, 0) is 139 Å². The van der Waals surface area contributed by atoms with Crippen LogP contribution in [0, 0.1) is 0 Å². The number of rotatable bonds is 16. The van der Waals surface area contributed by atoms with Crippen LogP contribution in [-0.2, 0) is 0 Å². The van der Waals surface area contributed by atoms with E-state index in [0.717, 1.165) is 51.4 Å². The maximum Gasteiger partial charge on any atom is 0.412 e. The minimum Gasteiger partial charge on any atom is -0.410 e. The molecule has 0 radical (unpaired) electrons. The van der Waals surface area contributed by atoms with E-state index in [2.05, 4.69) is 101 Å². The van der Waals surface area contributed by atoms with E-state index >= 15 is 0 Å². The maximum absolute atomic E-state index is 11.1. The van der Waals surface area contributed by atoms with E-state index in [9.17, 15) is 19.2 Å². The predicted molar refractivity (Wildman–Crippen MR) is 259 cm³/mol. The summed E-state index contributed by atoms with van der Waals surface area (Å²) in [5.41, 5.74) is 4.90. The molecule has 0 aromatic heterocycles. The Morgan fingerprint density at radius 1 is 0.406 bits per heavy atom. The highest BCUT2D eigenvalue weighted by atomic mass is 16.6. The minimum atomic E-state index is -0.430. The Balaban J connectivity index is 0.000000427. The van der Waals surface area contributed by atoms with Crippen LogP contribution >= 0.6 is 0 Å². The molecule has 12 nitrogen and oxygen atoms in total. The summed E-state index contributed by atoms with van der Waals surface area (Å²) in [6.07, 6.45) is 7.16. The van der Waals surface area contributed by atoms with E-state index in [1.165, 1.54) is 22.3 Å². The molecule has 0 bridgehead atoms. The number of benzene rings is 4. The summed E-state index contributed by atoms with van der Waals surface area (Å²) in [7, 11) is 6.19. The van der Waals surface area contributed by atoms with Crippen LogP contribution in [-0.4, -0.2) is 52.6 Å². The Labute approximate surface area is 383 Å². The Hall–Kier alpha value is -6.04. The van der Waals surface area contributed by atoms with Gasteiger partial charge in [0.1, 0.15) is 23.0 Å². The smallest absolute Gasteiger partial charge is 0.410 e. The molecule has 0 saturated heterocycles. The molecule has 4 N–H and O–H groups in total. The molecule has 4 rings (SSSR count). The second kappa shape index (κ2) is 32.6. The molecule has 0 aliphatic rings. The van der Waals surface area contributed by atoms with Gasteiger partial charge in [-0.15, -0.1) is 0 Å². The first-order valence-electron chi connectivity index (χ1n) is 22.8. The van der Waals surface area contributed by atoms with E-state index in [0.29, 0.717) is 46.7 Å². The summed E-state index contributed by atoms with van der Waals surface area (Å²) in [6.45, 7) is 17.4. The first-order chi connectivity index (χ1) is 30.8. The van der Waals surface area contributed by atoms with Gasteiger partial charge < -0.3 is 40.2 Å². The van der Waals surface area contributed by atoms with E-state index in [1.54, 1.807) is 52.5 Å². The van der Waals surface area contributed by atoms with E-state index in [1.807, 2.05) is 48.5 Å². The number of amides is 4. The number of ether oxygens (including phenoxy) is 4. The van der Waals surface area contributed by atoms with Gasteiger partial charge in [0.15, 0.2) is 0 Å². The van der Waals surface area contributed by atoms with Gasteiger partial charge in [-0.25, -0.2) is 19.2 Å². The predicted octanol–water partition coefficient (Wildman–Crippen LogP) is 13.2. The summed E-state index contributed by atoms with van der Waals surface area (Å²) >= 11 is 0. The summed E-state index contributed by atoms with van der Waals surface area (Å²) in [6, 6.07) is 30.9. The van der Waals surface area contributed by atoms with Crippen LogP contribution in [0.3, 0.4) is 0 Å². The van der Waals surface area contributed by atoms with Crippen molar-refractivity contribution in [2.45, 2.75) is 130 Å². The summed E-state index contributed by atoms with van der Waals surface area (Å²) in [5, 5.41) is 9.71. The lowest BCUT2D eigenvalue weighted by Gasteiger charge is -2.13. The molecule has 0 heterocycles. The molecule has 0 aliphatic carbocycles. The van der Waals surface area contributed by atoms with Gasteiger partial charge >= 0.3 is 24.4 Å². The third-order valence-corrected chi connectivity index (χ3v) is 10.8. The average Bonchev–Trinajstić information content (AvgIpc) is 3.31. The second-order valence-electron chi connectivity index (χ2n) is 15.1. The normalized spacial score (nSPS) is 10.7. The molecule has 352 valence electrons. The first kappa shape index (κ1) is 56.0. The molecule has 4 amide bonds. The molecular formula is C52H76N4O8. The van der Waals surface area contributed by atoms with Crippen molar-refractivity contribution in [2.24, 2.45) is 0 Å². The molecule has 4 aromatic carbocycles. The van der Waals surface area contributed by atoms with Crippen LogP contribution in [0.25, 0.3) is 0 Å². The van der Waals surface area contributed by atoms with Crippen LogP contribution in [0.4, 0.5) is 19.2 Å². The highest BCUT2D eigenvalue weighted by molar-refractivity contribution is 5.71. The van der Waals surface area contributed by atoms with Crippen molar-refractivity contribution in [3.63, 3.8) is 0 Å². The second-order valence-corrected chi connectivity index (χ2v) is 15.1. The Morgan fingerprint density at radius 3 is 0.859 bits per heavy atom. The van der Waals surface area contributed by atoms with Crippen molar-refractivity contribution >= 4 is 24.4 Å². The maximum atomic E-state index is 11.1. The van der Waals surface area contributed by atoms with E-state index < -0.39 is 24.4 Å².